The summed E-state index contributed by atoms with van der Waals surface area (Å²) in [6, 6.07) is 0. The Bertz CT molecular complexity index is 306. The number of ketones is 2. The number of aliphatic hydroxyl groups excluding tert-OH is 1. The third-order valence-corrected chi connectivity index (χ3v) is 1.32. The van der Waals surface area contributed by atoms with Crippen LogP contribution in [0.5, 0.6) is 0 Å². The first-order chi connectivity index (χ1) is 6.25. The summed E-state index contributed by atoms with van der Waals surface area (Å²) in [6.07, 6.45) is -4.24. The maximum Gasteiger partial charge on any atom is 0.383 e. The van der Waals surface area contributed by atoms with Crippen LogP contribution in [-0.4, -0.2) is 46.5 Å². The topological polar surface area (TPSA) is 101 Å². The molecule has 1 heterocycles. The zero-order valence-corrected chi connectivity index (χ0v) is 5.68. The highest BCUT2D eigenvalue weighted by atomic mass is 16.6. The predicted octanol–water partition coefficient (Wildman–Crippen LogP) is -2.60. The summed E-state index contributed by atoms with van der Waals surface area (Å²) < 4.78 is 17.4. The monoisotopic (exact) mass is 176 g/mol. The maximum absolute atomic E-state index is 10.9. The highest BCUT2D eigenvalue weighted by molar-refractivity contribution is 6.65. The summed E-state index contributed by atoms with van der Waals surface area (Å²) in [5.41, 5.74) is 0. The quantitative estimate of drug-likeness (QED) is 0.353. The molecule has 1 saturated heterocycles. The van der Waals surface area contributed by atoms with Gasteiger partial charge < -0.3 is 14.9 Å². The van der Waals surface area contributed by atoms with E-state index in [2.05, 4.69) is 4.74 Å². The fourth-order valence-corrected chi connectivity index (χ4v) is 0.728. The first kappa shape index (κ1) is 6.27. The largest absolute Gasteiger partial charge is 0.445 e. The minimum absolute atomic E-state index is 1.36. The third-order valence-electron chi connectivity index (χ3n) is 1.32. The molecule has 1 rings (SSSR count). The van der Waals surface area contributed by atoms with Crippen LogP contribution in [0.4, 0.5) is 0 Å². The van der Waals surface area contributed by atoms with Gasteiger partial charge in [-0.05, 0) is 0 Å². The lowest BCUT2D eigenvalue weighted by Crippen LogP contribution is -2.35. The minimum Gasteiger partial charge on any atom is -0.445 e. The Morgan fingerprint density at radius 2 is 2.17 bits per heavy atom. The zero-order valence-electron chi connectivity index (χ0n) is 7.68. The van der Waals surface area contributed by atoms with Crippen LogP contribution in [0, 0.1) is 0 Å². The summed E-state index contributed by atoms with van der Waals surface area (Å²) in [4.78, 5) is 32.0. The second-order valence-corrected chi connectivity index (χ2v) is 2.09. The van der Waals surface area contributed by atoms with Gasteiger partial charge in [0.15, 0.2) is 6.10 Å². The van der Waals surface area contributed by atoms with Gasteiger partial charge in [0.05, 0.1) is 9.30 Å². The predicted molar refractivity (Wildman–Crippen MR) is 33.0 cm³/mol. The molecule has 6 heteroatoms. The van der Waals surface area contributed by atoms with E-state index in [1.807, 2.05) is 0 Å². The normalized spacial score (nSPS) is 29.5. The standard InChI is InChI=1S/C6H6O6/c7-1-2(8)5-3(9)4(10)6(11)12-5/h2,5,7-8H,1H2/t2-,5+/m0/s1/i1D2. The van der Waals surface area contributed by atoms with Crippen molar-refractivity contribution in [2.45, 2.75) is 12.2 Å². The number of hydrogen-bond acceptors (Lipinski definition) is 6. The number of esters is 1. The molecule has 2 N–H and O–H groups in total. The second kappa shape index (κ2) is 3.00. The van der Waals surface area contributed by atoms with Crippen molar-refractivity contribution in [1.29, 1.82) is 0 Å². The van der Waals surface area contributed by atoms with Crippen LogP contribution in [0.3, 0.4) is 0 Å². The Kier molecular flexibility index (Phi) is 1.57. The first-order valence-corrected chi connectivity index (χ1v) is 2.94. The van der Waals surface area contributed by atoms with Gasteiger partial charge in [-0.3, -0.25) is 9.59 Å². The molecule has 66 valence electrons. The molecular weight excluding hydrogens is 168 g/mol. The average molecular weight is 176 g/mol. The van der Waals surface area contributed by atoms with Crippen LogP contribution in [-0.2, 0) is 19.1 Å². The minimum atomic E-state index is -3.12. The van der Waals surface area contributed by atoms with Gasteiger partial charge in [0.25, 0.3) is 5.78 Å². The summed E-state index contributed by atoms with van der Waals surface area (Å²) in [5, 5.41) is 17.7. The van der Waals surface area contributed by atoms with Crippen molar-refractivity contribution >= 4 is 17.5 Å². The van der Waals surface area contributed by atoms with Gasteiger partial charge in [0.1, 0.15) is 6.10 Å². The average Bonchev–Trinajstić information content (AvgIpc) is 2.30. The Morgan fingerprint density at radius 3 is 2.50 bits per heavy atom. The van der Waals surface area contributed by atoms with Gasteiger partial charge in [0, 0.05) is 0 Å². The molecule has 2 atom stereocenters. The van der Waals surface area contributed by atoms with E-state index in [-0.39, 0.29) is 0 Å². The molecule has 1 aliphatic heterocycles. The smallest absolute Gasteiger partial charge is 0.383 e. The van der Waals surface area contributed by atoms with E-state index < -0.39 is 36.3 Å². The molecule has 0 bridgehead atoms. The van der Waals surface area contributed by atoms with Crippen LogP contribution in [0.2, 0.25) is 0 Å². The summed E-state index contributed by atoms with van der Waals surface area (Å²) in [7, 11) is 0. The van der Waals surface area contributed by atoms with Gasteiger partial charge in [-0.25, -0.2) is 4.79 Å². The van der Waals surface area contributed by atoms with E-state index in [0.29, 0.717) is 0 Å². The molecule has 0 spiro atoms. The van der Waals surface area contributed by atoms with Gasteiger partial charge in [0.2, 0.25) is 0 Å². The highest BCUT2D eigenvalue weighted by Gasteiger charge is 2.45. The van der Waals surface area contributed by atoms with Gasteiger partial charge in [-0.15, -0.1) is 0 Å². The van der Waals surface area contributed by atoms with Crippen LogP contribution in [0.25, 0.3) is 0 Å². The molecule has 0 saturated carbocycles. The maximum atomic E-state index is 10.9. The number of aliphatic hydroxyl groups is 2. The number of ether oxygens (including phenoxy) is 1. The molecule has 0 radical (unpaired) electrons. The molecule has 6 nitrogen and oxygen atoms in total. The zero-order chi connectivity index (χ0) is 11.1. The van der Waals surface area contributed by atoms with E-state index in [1.54, 1.807) is 0 Å². The Hall–Kier alpha value is -1.27. The van der Waals surface area contributed by atoms with E-state index in [1.165, 1.54) is 0 Å². The molecule has 0 aromatic heterocycles. The third kappa shape index (κ3) is 1.21. The molecule has 0 aromatic rings. The van der Waals surface area contributed by atoms with Crippen LogP contribution in [0.15, 0.2) is 0 Å². The van der Waals surface area contributed by atoms with E-state index in [4.69, 9.17) is 13.0 Å². The van der Waals surface area contributed by atoms with E-state index >= 15 is 0 Å². The fourth-order valence-electron chi connectivity index (χ4n) is 0.728. The number of hydrogen-bond donors (Lipinski definition) is 2. The van der Waals surface area contributed by atoms with Crippen LogP contribution < -0.4 is 0 Å². The summed E-state index contributed by atoms with van der Waals surface area (Å²) >= 11 is 0. The molecule has 0 amide bonds. The van der Waals surface area contributed by atoms with Crippen molar-refractivity contribution in [1.82, 2.24) is 0 Å². The SMILES string of the molecule is [2H]C([2H])(O)[C@H](O)[C@H]1OC(=O)C(=O)C1=O. The molecule has 0 aliphatic carbocycles. The Labute approximate surface area is 69.6 Å². The highest BCUT2D eigenvalue weighted by Crippen LogP contribution is 2.10. The lowest BCUT2D eigenvalue weighted by Gasteiger charge is -2.10. The van der Waals surface area contributed by atoms with Crippen molar-refractivity contribution in [2.24, 2.45) is 0 Å². The van der Waals surface area contributed by atoms with Crippen LogP contribution >= 0.6 is 0 Å². The van der Waals surface area contributed by atoms with Gasteiger partial charge >= 0.3 is 11.8 Å². The number of Topliss-reactive ketones (excluding diaryl/α,β-unsaturated/α-hetero) is 2. The fraction of sp³-hybridized carbons (Fsp3) is 0.500. The lowest BCUT2D eigenvalue weighted by molar-refractivity contribution is -0.152. The van der Waals surface area contributed by atoms with Gasteiger partial charge in [-0.1, -0.05) is 0 Å². The van der Waals surface area contributed by atoms with Crippen LogP contribution in [0.1, 0.15) is 2.74 Å². The molecule has 0 unspecified atom stereocenters. The summed E-state index contributed by atoms with van der Waals surface area (Å²) in [6.45, 7) is -3.12. The second-order valence-electron chi connectivity index (χ2n) is 2.09. The van der Waals surface area contributed by atoms with E-state index in [9.17, 15) is 14.4 Å². The van der Waals surface area contributed by atoms with Crippen molar-refractivity contribution < 1.29 is 32.1 Å². The number of rotatable bonds is 2. The number of carbonyl (C=O) groups is 3. The van der Waals surface area contributed by atoms with Crippen molar-refractivity contribution in [2.75, 3.05) is 6.56 Å². The molecular formula is C6H6O6. The lowest BCUT2D eigenvalue weighted by atomic mass is 10.1. The number of cyclic esters (lactones) is 1. The Morgan fingerprint density at radius 1 is 1.58 bits per heavy atom. The Balaban J connectivity index is 2.87. The molecule has 0 aromatic carbocycles. The number of carbonyl (C=O) groups excluding carboxylic acids is 3. The van der Waals surface area contributed by atoms with Gasteiger partial charge in [-0.2, -0.15) is 0 Å². The summed E-state index contributed by atoms with van der Waals surface area (Å²) in [5.74, 6) is -4.28. The molecule has 1 fully saturated rings. The van der Waals surface area contributed by atoms with Crippen molar-refractivity contribution in [3.8, 4) is 0 Å². The van der Waals surface area contributed by atoms with Crippen molar-refractivity contribution in [3.63, 3.8) is 0 Å². The first-order valence-electron chi connectivity index (χ1n) is 3.94. The van der Waals surface area contributed by atoms with E-state index in [0.717, 1.165) is 0 Å². The van der Waals surface area contributed by atoms with Crippen molar-refractivity contribution in [3.05, 3.63) is 0 Å². The molecule has 1 aliphatic rings. The molecule has 12 heavy (non-hydrogen) atoms.